The summed E-state index contributed by atoms with van der Waals surface area (Å²) in [6, 6.07) is 15.9. The first-order valence-electron chi connectivity index (χ1n) is 10.6. The summed E-state index contributed by atoms with van der Waals surface area (Å²) in [5.41, 5.74) is 3.15. The molecule has 3 heterocycles. The fraction of sp³-hybridized carbons (Fsp3) is 0.280. The van der Waals surface area contributed by atoms with Crippen LogP contribution < -0.4 is 4.74 Å². The van der Waals surface area contributed by atoms with Crippen LogP contribution in [0, 0.1) is 0 Å². The topological polar surface area (TPSA) is 45.7 Å². The Balaban J connectivity index is 1.30. The number of hydrogen-bond donors (Lipinski definition) is 0. The zero-order chi connectivity index (χ0) is 21.5. The summed E-state index contributed by atoms with van der Waals surface area (Å²) in [5, 5.41) is 2.02. The van der Waals surface area contributed by atoms with Crippen LogP contribution in [0.5, 0.6) is 5.75 Å². The van der Waals surface area contributed by atoms with Crippen molar-refractivity contribution in [2.75, 3.05) is 26.2 Å². The van der Waals surface area contributed by atoms with Crippen molar-refractivity contribution in [2.45, 2.75) is 20.1 Å². The van der Waals surface area contributed by atoms with E-state index in [1.165, 1.54) is 11.3 Å². The summed E-state index contributed by atoms with van der Waals surface area (Å²) < 4.78 is 6.00. The number of ether oxygens (including phenoxy) is 1. The van der Waals surface area contributed by atoms with Gasteiger partial charge in [0, 0.05) is 50.0 Å². The Kier molecular flexibility index (Phi) is 7.12. The second-order valence-corrected chi connectivity index (χ2v) is 8.45. The smallest absolute Gasteiger partial charge is 0.264 e. The molecule has 5 nitrogen and oxygen atoms in total. The molecule has 0 unspecified atom stereocenters. The summed E-state index contributed by atoms with van der Waals surface area (Å²) in [5.74, 6) is 0.965. The van der Waals surface area contributed by atoms with Gasteiger partial charge in [0.25, 0.3) is 5.91 Å². The highest BCUT2D eigenvalue weighted by Gasteiger charge is 2.23. The van der Waals surface area contributed by atoms with E-state index in [4.69, 9.17) is 4.74 Å². The van der Waals surface area contributed by atoms with Crippen LogP contribution in [0.25, 0.3) is 6.08 Å². The highest BCUT2D eigenvalue weighted by molar-refractivity contribution is 7.12. The summed E-state index contributed by atoms with van der Waals surface area (Å²) >= 11 is 1.50. The third kappa shape index (κ3) is 5.60. The molecule has 0 bridgehead atoms. The second-order valence-electron chi connectivity index (χ2n) is 7.54. The third-order valence-corrected chi connectivity index (χ3v) is 6.26. The van der Waals surface area contributed by atoms with Crippen molar-refractivity contribution in [3.05, 3.63) is 87.9 Å². The molecule has 160 valence electrons. The lowest BCUT2D eigenvalue weighted by molar-refractivity contribution is 0.0631. The Morgan fingerprint density at radius 1 is 1.13 bits per heavy atom. The largest absolute Gasteiger partial charge is 0.488 e. The molecule has 2 aromatic heterocycles. The Labute approximate surface area is 187 Å². The minimum absolute atomic E-state index is 0.114. The maximum atomic E-state index is 12.9. The molecule has 1 aromatic carbocycles. The van der Waals surface area contributed by atoms with Gasteiger partial charge in [-0.15, -0.1) is 11.3 Å². The van der Waals surface area contributed by atoms with Crippen molar-refractivity contribution in [3.8, 4) is 5.75 Å². The number of nitrogens with zero attached hydrogens (tertiary/aromatic N) is 3. The number of para-hydroxylation sites is 1. The minimum atomic E-state index is 0.114. The van der Waals surface area contributed by atoms with Gasteiger partial charge in [0.15, 0.2) is 0 Å². The molecule has 1 fully saturated rings. The van der Waals surface area contributed by atoms with Gasteiger partial charge in [-0.25, -0.2) is 0 Å². The molecule has 0 radical (unpaired) electrons. The van der Waals surface area contributed by atoms with Crippen LogP contribution in [0.3, 0.4) is 0 Å². The van der Waals surface area contributed by atoms with E-state index < -0.39 is 0 Å². The molecular weight excluding hydrogens is 406 g/mol. The predicted octanol–water partition coefficient (Wildman–Crippen LogP) is 4.71. The van der Waals surface area contributed by atoms with Crippen LogP contribution >= 0.6 is 11.3 Å². The Hall–Kier alpha value is -2.96. The Bertz CT molecular complexity index is 1020. The summed E-state index contributed by atoms with van der Waals surface area (Å²) in [6.07, 6.45) is 5.86. The fourth-order valence-corrected chi connectivity index (χ4v) is 4.50. The number of carbonyl (C=O) groups is 1. The number of allylic oxidation sites excluding steroid dienone is 1. The molecular formula is C25H27N3O2S. The molecule has 31 heavy (non-hydrogen) atoms. The molecule has 1 saturated heterocycles. The van der Waals surface area contributed by atoms with E-state index in [0.717, 1.165) is 60.2 Å². The number of pyridine rings is 1. The summed E-state index contributed by atoms with van der Waals surface area (Å²) in [7, 11) is 0. The van der Waals surface area contributed by atoms with Gasteiger partial charge in [-0.2, -0.15) is 0 Å². The molecule has 1 aliphatic rings. The summed E-state index contributed by atoms with van der Waals surface area (Å²) in [4.78, 5) is 22.4. The van der Waals surface area contributed by atoms with Gasteiger partial charge in [0.1, 0.15) is 12.4 Å². The predicted molar refractivity (Wildman–Crippen MR) is 125 cm³/mol. The van der Waals surface area contributed by atoms with E-state index in [-0.39, 0.29) is 5.91 Å². The van der Waals surface area contributed by atoms with Gasteiger partial charge in [0.05, 0.1) is 10.6 Å². The molecule has 0 N–H and O–H groups in total. The van der Waals surface area contributed by atoms with Crippen LogP contribution in [-0.2, 0) is 13.2 Å². The van der Waals surface area contributed by atoms with E-state index in [0.29, 0.717) is 6.61 Å². The van der Waals surface area contributed by atoms with Crippen LogP contribution in [-0.4, -0.2) is 46.9 Å². The first kappa shape index (κ1) is 21.3. The van der Waals surface area contributed by atoms with Gasteiger partial charge >= 0.3 is 0 Å². The molecule has 4 rings (SSSR count). The molecule has 3 aromatic rings. The number of carbonyl (C=O) groups excluding carboxylic acids is 1. The average molecular weight is 434 g/mol. The molecule has 1 amide bonds. The standard InChI is InChI=1S/C25H27N3O2S/c1-2-7-21-8-3-4-10-23(21)30-18-20-16-24(31-19-20)25(29)28-14-12-27(13-15-28)17-22-9-5-6-11-26-22/h2-11,16,19H,12-15,17-18H2,1H3/b7-2+. The summed E-state index contributed by atoms with van der Waals surface area (Å²) in [6.45, 7) is 6.50. The number of piperazine rings is 1. The highest BCUT2D eigenvalue weighted by atomic mass is 32.1. The zero-order valence-corrected chi connectivity index (χ0v) is 18.6. The van der Waals surface area contributed by atoms with Crippen LogP contribution in [0.1, 0.15) is 33.4 Å². The van der Waals surface area contributed by atoms with E-state index in [2.05, 4.69) is 9.88 Å². The molecule has 0 saturated carbocycles. The number of rotatable bonds is 7. The maximum Gasteiger partial charge on any atom is 0.264 e. The lowest BCUT2D eigenvalue weighted by atomic mass is 10.2. The zero-order valence-electron chi connectivity index (χ0n) is 17.7. The Morgan fingerprint density at radius 2 is 1.94 bits per heavy atom. The van der Waals surface area contributed by atoms with Crippen LogP contribution in [0.15, 0.2) is 66.2 Å². The van der Waals surface area contributed by atoms with E-state index >= 15 is 0 Å². The van der Waals surface area contributed by atoms with Crippen LogP contribution in [0.2, 0.25) is 0 Å². The second kappa shape index (κ2) is 10.4. The first-order valence-corrected chi connectivity index (χ1v) is 11.4. The third-order valence-electron chi connectivity index (χ3n) is 5.30. The fourth-order valence-electron chi connectivity index (χ4n) is 3.64. The maximum absolute atomic E-state index is 12.9. The van der Waals surface area contributed by atoms with Crippen molar-refractivity contribution in [1.82, 2.24) is 14.8 Å². The molecule has 0 spiro atoms. The average Bonchev–Trinajstić information content (AvgIpc) is 3.29. The first-order chi connectivity index (χ1) is 15.2. The number of benzene rings is 1. The molecule has 1 aliphatic heterocycles. The molecule has 0 aliphatic carbocycles. The van der Waals surface area contributed by atoms with Crippen molar-refractivity contribution < 1.29 is 9.53 Å². The lowest BCUT2D eigenvalue weighted by Gasteiger charge is -2.34. The number of aromatic nitrogens is 1. The van der Waals surface area contributed by atoms with Gasteiger partial charge in [-0.3, -0.25) is 14.7 Å². The number of thiophene rings is 1. The normalized spacial score (nSPS) is 14.8. The van der Waals surface area contributed by atoms with Gasteiger partial charge in [0.2, 0.25) is 0 Å². The van der Waals surface area contributed by atoms with Crippen molar-refractivity contribution in [2.24, 2.45) is 0 Å². The van der Waals surface area contributed by atoms with E-state index in [1.54, 1.807) is 0 Å². The molecule has 6 heteroatoms. The molecule has 0 atom stereocenters. The SMILES string of the molecule is C/C=C/c1ccccc1OCc1csc(C(=O)N2CCN(Cc3ccccn3)CC2)c1. The van der Waals surface area contributed by atoms with Crippen molar-refractivity contribution >= 4 is 23.3 Å². The van der Waals surface area contributed by atoms with Gasteiger partial charge in [-0.1, -0.05) is 36.4 Å². The lowest BCUT2D eigenvalue weighted by Crippen LogP contribution is -2.48. The van der Waals surface area contributed by atoms with Crippen molar-refractivity contribution in [3.63, 3.8) is 0 Å². The number of amides is 1. The van der Waals surface area contributed by atoms with E-state index in [1.807, 2.05) is 84.1 Å². The van der Waals surface area contributed by atoms with E-state index in [9.17, 15) is 4.79 Å². The minimum Gasteiger partial charge on any atom is -0.488 e. The van der Waals surface area contributed by atoms with Gasteiger partial charge in [-0.05, 0) is 36.6 Å². The monoisotopic (exact) mass is 433 g/mol. The highest BCUT2D eigenvalue weighted by Crippen LogP contribution is 2.23. The number of hydrogen-bond acceptors (Lipinski definition) is 5. The van der Waals surface area contributed by atoms with Crippen LogP contribution in [0.4, 0.5) is 0 Å². The Morgan fingerprint density at radius 3 is 2.71 bits per heavy atom. The quantitative estimate of drug-likeness (QED) is 0.541. The van der Waals surface area contributed by atoms with Gasteiger partial charge < -0.3 is 9.64 Å². The van der Waals surface area contributed by atoms with Crippen molar-refractivity contribution in [1.29, 1.82) is 0 Å².